The third kappa shape index (κ3) is 3.07. The molecule has 18 heavy (non-hydrogen) atoms. The van der Waals surface area contributed by atoms with Crippen LogP contribution < -0.4 is 5.32 Å². The average Bonchev–Trinajstić information content (AvgIpc) is 3.14. The smallest absolute Gasteiger partial charge is 0.0850 e. The minimum absolute atomic E-state index is 0.529. The molecule has 1 aromatic rings. The maximum Gasteiger partial charge on any atom is 0.0850 e. The highest BCUT2D eigenvalue weighted by atomic mass is 35.5. The lowest BCUT2D eigenvalue weighted by Crippen LogP contribution is -2.29. The van der Waals surface area contributed by atoms with Gasteiger partial charge in [-0.15, -0.1) is 0 Å². The van der Waals surface area contributed by atoms with Crippen LogP contribution in [0.2, 0.25) is 5.02 Å². The molecule has 0 spiro atoms. The molecule has 0 radical (unpaired) electrons. The summed E-state index contributed by atoms with van der Waals surface area (Å²) in [6.45, 7) is 5.13. The number of halogens is 1. The Bertz CT molecular complexity index is 396. The van der Waals surface area contributed by atoms with Crippen molar-refractivity contribution in [3.05, 3.63) is 16.4 Å². The van der Waals surface area contributed by atoms with E-state index in [0.29, 0.717) is 6.04 Å². The van der Waals surface area contributed by atoms with Gasteiger partial charge in [0.1, 0.15) is 0 Å². The number of aromatic nitrogens is 2. The topological polar surface area (TPSA) is 29.9 Å². The second kappa shape index (κ2) is 6.07. The van der Waals surface area contributed by atoms with Crippen molar-refractivity contribution in [3.8, 4) is 0 Å². The molecular formula is C14H24ClN3. The zero-order valence-electron chi connectivity index (χ0n) is 11.7. The van der Waals surface area contributed by atoms with Crippen LogP contribution in [-0.4, -0.2) is 22.9 Å². The summed E-state index contributed by atoms with van der Waals surface area (Å²) >= 11 is 6.45. The molecule has 1 saturated carbocycles. The minimum Gasteiger partial charge on any atom is -0.317 e. The van der Waals surface area contributed by atoms with Gasteiger partial charge in [0.2, 0.25) is 0 Å². The molecular weight excluding hydrogens is 246 g/mol. The number of hydrogen-bond donors (Lipinski definition) is 1. The van der Waals surface area contributed by atoms with Gasteiger partial charge in [-0.2, -0.15) is 5.10 Å². The van der Waals surface area contributed by atoms with Crippen molar-refractivity contribution in [1.82, 2.24) is 15.1 Å². The van der Waals surface area contributed by atoms with Crippen LogP contribution in [0.3, 0.4) is 0 Å². The zero-order valence-corrected chi connectivity index (χ0v) is 12.4. The van der Waals surface area contributed by atoms with Crippen molar-refractivity contribution in [3.63, 3.8) is 0 Å². The molecule has 0 aromatic carbocycles. The first-order valence-electron chi connectivity index (χ1n) is 7.10. The Morgan fingerprint density at radius 3 is 2.67 bits per heavy atom. The molecule has 4 heteroatoms. The molecule has 0 aliphatic heterocycles. The molecule has 1 aliphatic carbocycles. The Kier molecular flexibility index (Phi) is 4.68. The molecule has 0 amide bonds. The molecule has 1 atom stereocenters. The molecule has 1 unspecified atom stereocenters. The van der Waals surface area contributed by atoms with Gasteiger partial charge >= 0.3 is 0 Å². The van der Waals surface area contributed by atoms with E-state index < -0.39 is 0 Å². The quantitative estimate of drug-likeness (QED) is 0.825. The summed E-state index contributed by atoms with van der Waals surface area (Å²) in [5.74, 6) is 0.935. The minimum atomic E-state index is 0.529. The van der Waals surface area contributed by atoms with Crippen LogP contribution in [0.25, 0.3) is 0 Å². The Morgan fingerprint density at radius 2 is 2.17 bits per heavy atom. The fourth-order valence-electron chi connectivity index (χ4n) is 2.50. The Morgan fingerprint density at radius 1 is 1.44 bits per heavy atom. The first-order chi connectivity index (χ1) is 8.69. The number of nitrogens with one attached hydrogen (secondary N) is 1. The monoisotopic (exact) mass is 269 g/mol. The largest absolute Gasteiger partial charge is 0.317 e. The van der Waals surface area contributed by atoms with E-state index in [4.69, 9.17) is 11.6 Å². The summed E-state index contributed by atoms with van der Waals surface area (Å²) in [6, 6.07) is 0.529. The van der Waals surface area contributed by atoms with Crippen molar-refractivity contribution in [2.24, 2.45) is 5.92 Å². The number of nitrogens with zero attached hydrogens (tertiary/aromatic N) is 2. The van der Waals surface area contributed by atoms with Gasteiger partial charge in [0, 0.05) is 19.0 Å². The summed E-state index contributed by atoms with van der Waals surface area (Å²) in [5.41, 5.74) is 2.24. The lowest BCUT2D eigenvalue weighted by atomic mass is 10.0. The van der Waals surface area contributed by atoms with E-state index in [2.05, 4.69) is 28.9 Å². The predicted molar refractivity (Wildman–Crippen MR) is 76.2 cm³/mol. The highest BCUT2D eigenvalue weighted by Gasteiger charge is 2.26. The molecule has 0 bridgehead atoms. The van der Waals surface area contributed by atoms with E-state index in [0.717, 1.165) is 36.0 Å². The molecule has 1 aliphatic rings. The van der Waals surface area contributed by atoms with Crippen LogP contribution in [0, 0.1) is 5.92 Å². The van der Waals surface area contributed by atoms with Crippen LogP contribution in [0.4, 0.5) is 0 Å². The summed E-state index contributed by atoms with van der Waals surface area (Å²) in [4.78, 5) is 0. The first kappa shape index (κ1) is 13.9. The predicted octanol–water partition coefficient (Wildman–Crippen LogP) is 3.05. The SMILES string of the molecule is CCc1nn(CC)c(CC(CC2CC2)NC)c1Cl. The van der Waals surface area contributed by atoms with Gasteiger partial charge in [0.25, 0.3) is 0 Å². The summed E-state index contributed by atoms with van der Waals surface area (Å²) in [5, 5.41) is 8.90. The van der Waals surface area contributed by atoms with Crippen molar-refractivity contribution in [2.75, 3.05) is 7.05 Å². The first-order valence-corrected chi connectivity index (χ1v) is 7.48. The molecule has 0 saturated heterocycles. The van der Waals surface area contributed by atoms with Gasteiger partial charge in [-0.1, -0.05) is 31.4 Å². The van der Waals surface area contributed by atoms with E-state index in [1.54, 1.807) is 0 Å². The van der Waals surface area contributed by atoms with Crippen molar-refractivity contribution in [1.29, 1.82) is 0 Å². The zero-order chi connectivity index (χ0) is 13.1. The molecule has 3 nitrogen and oxygen atoms in total. The maximum atomic E-state index is 6.45. The van der Waals surface area contributed by atoms with Gasteiger partial charge in [-0.05, 0) is 32.7 Å². The molecule has 1 aromatic heterocycles. The Labute approximate surface area is 115 Å². The molecule has 1 heterocycles. The second-order valence-electron chi connectivity index (χ2n) is 5.25. The average molecular weight is 270 g/mol. The third-order valence-corrected chi connectivity index (χ3v) is 4.29. The van der Waals surface area contributed by atoms with E-state index in [-0.39, 0.29) is 0 Å². The van der Waals surface area contributed by atoms with Gasteiger partial charge < -0.3 is 5.32 Å². The Balaban J connectivity index is 2.12. The van der Waals surface area contributed by atoms with Crippen LogP contribution in [-0.2, 0) is 19.4 Å². The highest BCUT2D eigenvalue weighted by Crippen LogP contribution is 2.34. The van der Waals surface area contributed by atoms with E-state index in [9.17, 15) is 0 Å². The van der Waals surface area contributed by atoms with Crippen molar-refractivity contribution < 1.29 is 0 Å². The van der Waals surface area contributed by atoms with E-state index in [1.165, 1.54) is 25.0 Å². The number of hydrogen-bond acceptors (Lipinski definition) is 2. The third-order valence-electron chi connectivity index (χ3n) is 3.86. The number of likely N-dealkylation sites (N-methyl/N-ethyl adjacent to an activating group) is 1. The normalized spacial score (nSPS) is 17.1. The molecule has 1 N–H and O–H groups in total. The summed E-state index contributed by atoms with van der Waals surface area (Å²) in [7, 11) is 2.05. The van der Waals surface area contributed by atoms with Crippen LogP contribution >= 0.6 is 11.6 Å². The highest BCUT2D eigenvalue weighted by molar-refractivity contribution is 6.31. The molecule has 1 fully saturated rings. The van der Waals surface area contributed by atoms with Gasteiger partial charge in [-0.3, -0.25) is 4.68 Å². The van der Waals surface area contributed by atoms with Crippen LogP contribution in [0.5, 0.6) is 0 Å². The fourth-order valence-corrected chi connectivity index (χ4v) is 2.85. The lowest BCUT2D eigenvalue weighted by Gasteiger charge is -2.16. The van der Waals surface area contributed by atoms with E-state index >= 15 is 0 Å². The van der Waals surface area contributed by atoms with Crippen molar-refractivity contribution >= 4 is 11.6 Å². The Hall–Kier alpha value is -0.540. The van der Waals surface area contributed by atoms with E-state index in [1.807, 2.05) is 7.05 Å². The van der Waals surface area contributed by atoms with Gasteiger partial charge in [0.05, 0.1) is 16.4 Å². The summed E-state index contributed by atoms with van der Waals surface area (Å²) in [6.07, 6.45) is 5.97. The second-order valence-corrected chi connectivity index (χ2v) is 5.62. The van der Waals surface area contributed by atoms with Crippen LogP contribution in [0.15, 0.2) is 0 Å². The molecule has 2 rings (SSSR count). The number of aryl methyl sites for hydroxylation is 2. The van der Waals surface area contributed by atoms with Crippen molar-refractivity contribution in [2.45, 2.75) is 58.5 Å². The molecule has 102 valence electrons. The summed E-state index contributed by atoms with van der Waals surface area (Å²) < 4.78 is 2.07. The van der Waals surface area contributed by atoms with Crippen LogP contribution in [0.1, 0.15) is 44.5 Å². The fraction of sp³-hybridized carbons (Fsp3) is 0.786. The standard InChI is InChI=1S/C14H24ClN3/c1-4-12-14(15)13(18(5-2)17-12)9-11(16-3)8-10-6-7-10/h10-11,16H,4-9H2,1-3H3. The lowest BCUT2D eigenvalue weighted by molar-refractivity contribution is 0.471. The van der Waals surface area contributed by atoms with Gasteiger partial charge in [-0.25, -0.2) is 0 Å². The number of rotatable bonds is 7. The van der Waals surface area contributed by atoms with Gasteiger partial charge in [0.15, 0.2) is 0 Å². The maximum absolute atomic E-state index is 6.45.